The van der Waals surface area contributed by atoms with Crippen LogP contribution in [0.15, 0.2) is 17.6 Å². The minimum absolute atomic E-state index is 0.0664. The molecular formula is C18H24N4O8. The van der Waals surface area contributed by atoms with Crippen LogP contribution in [0.4, 0.5) is 5.82 Å². The highest BCUT2D eigenvalue weighted by Gasteiger charge is 2.62. The first kappa shape index (κ1) is 21.9. The van der Waals surface area contributed by atoms with E-state index in [1.54, 1.807) is 0 Å². The number of carbonyl (C=O) groups excluding carboxylic acids is 2. The van der Waals surface area contributed by atoms with Crippen LogP contribution >= 0.6 is 0 Å². The van der Waals surface area contributed by atoms with Gasteiger partial charge in [0.05, 0.1) is 13.2 Å². The Labute approximate surface area is 171 Å². The Bertz CT molecular complexity index is 903. The van der Waals surface area contributed by atoms with Gasteiger partial charge < -0.3 is 35.4 Å². The molecule has 4 atom stereocenters. The molecule has 1 amide bonds. The number of anilines is 1. The summed E-state index contributed by atoms with van der Waals surface area (Å²) < 4.78 is 11.3. The number of ether oxygens (including phenoxy) is 2. The Kier molecular flexibility index (Phi) is 6.22. The number of hydrogen-bond donors (Lipinski definition) is 4. The van der Waals surface area contributed by atoms with E-state index in [1.807, 2.05) is 0 Å². The predicted molar refractivity (Wildman–Crippen MR) is 102 cm³/mol. The number of nitrogens with zero attached hydrogens (tertiary/aromatic N) is 3. The van der Waals surface area contributed by atoms with Crippen molar-refractivity contribution in [1.82, 2.24) is 14.5 Å². The Balaban J connectivity index is 1.95. The van der Waals surface area contributed by atoms with Gasteiger partial charge in [-0.3, -0.25) is 9.36 Å². The molecule has 2 aliphatic rings. The number of nitrogen functional groups attached to an aromatic ring is 1. The van der Waals surface area contributed by atoms with Crippen molar-refractivity contribution in [3.63, 3.8) is 0 Å². The third-order valence-electron chi connectivity index (χ3n) is 5.24. The Morgan fingerprint density at radius 2 is 2.20 bits per heavy atom. The van der Waals surface area contributed by atoms with Gasteiger partial charge in [-0.1, -0.05) is 12.7 Å². The average Bonchev–Trinajstić information content (AvgIpc) is 3.24. The summed E-state index contributed by atoms with van der Waals surface area (Å²) in [6.07, 6.45) is -1.53. The lowest BCUT2D eigenvalue weighted by molar-refractivity contribution is -0.202. The van der Waals surface area contributed by atoms with E-state index in [-0.39, 0.29) is 30.4 Å². The van der Waals surface area contributed by atoms with Gasteiger partial charge in [-0.2, -0.15) is 4.98 Å². The molecule has 0 spiro atoms. The molecular weight excluding hydrogens is 400 g/mol. The van der Waals surface area contributed by atoms with Crippen molar-refractivity contribution in [3.8, 4) is 0 Å². The molecule has 0 aromatic carbocycles. The summed E-state index contributed by atoms with van der Waals surface area (Å²) in [7, 11) is 0. The average molecular weight is 424 g/mol. The van der Waals surface area contributed by atoms with Crippen LogP contribution in [0.2, 0.25) is 0 Å². The highest BCUT2D eigenvalue weighted by molar-refractivity contribution is 5.79. The van der Waals surface area contributed by atoms with Gasteiger partial charge in [-0.15, -0.1) is 0 Å². The van der Waals surface area contributed by atoms with Crippen LogP contribution < -0.4 is 11.4 Å². The monoisotopic (exact) mass is 424 g/mol. The number of aromatic nitrogens is 2. The van der Waals surface area contributed by atoms with Crippen molar-refractivity contribution in [3.05, 3.63) is 28.8 Å². The summed E-state index contributed by atoms with van der Waals surface area (Å²) in [6, 6.07) is 0. The topological polar surface area (TPSA) is 177 Å². The molecule has 1 aromatic rings. The number of aliphatic hydroxyl groups excluding tert-OH is 3. The summed E-state index contributed by atoms with van der Waals surface area (Å²) in [5.74, 6) is -1.42. The molecule has 3 rings (SSSR count). The van der Waals surface area contributed by atoms with Crippen molar-refractivity contribution in [1.29, 1.82) is 0 Å². The van der Waals surface area contributed by atoms with Gasteiger partial charge in [0.2, 0.25) is 5.91 Å². The standard InChI is InChI=1S/C18H24N4O8/c1-2-10-8-22(17(28)20-15(10)19)18(14(26)13(25)11(9-23)30-18)16(27)29-7-6-21-5-3-4-12(21)24/h2,8,11,13-14,23,25-26H,1,3-7,9H2,(H2,19,20,28)/t11-,13-,14-,18+/m1/s1. The van der Waals surface area contributed by atoms with Crippen LogP contribution in [0, 0.1) is 0 Å². The molecule has 0 unspecified atom stereocenters. The molecule has 0 aliphatic carbocycles. The van der Waals surface area contributed by atoms with Crippen LogP contribution in [-0.2, 0) is 24.8 Å². The number of likely N-dealkylation sites (tertiary alicyclic amines) is 1. The summed E-state index contributed by atoms with van der Waals surface area (Å²) in [4.78, 5) is 42.4. The van der Waals surface area contributed by atoms with Gasteiger partial charge in [-0.25, -0.2) is 9.59 Å². The van der Waals surface area contributed by atoms with E-state index < -0.39 is 42.3 Å². The number of carbonyl (C=O) groups is 2. The van der Waals surface area contributed by atoms with E-state index in [9.17, 15) is 29.7 Å². The maximum Gasteiger partial charge on any atom is 0.363 e. The SMILES string of the molecule is C=Cc1cn([C@]2(C(=O)OCCN3CCCC3=O)O[C@H](CO)[C@@H](O)[C@H]2O)c(=O)nc1N. The lowest BCUT2D eigenvalue weighted by atomic mass is 10.0. The zero-order valence-electron chi connectivity index (χ0n) is 16.1. The van der Waals surface area contributed by atoms with Gasteiger partial charge in [0.25, 0.3) is 5.72 Å². The predicted octanol–water partition coefficient (Wildman–Crippen LogP) is -2.60. The Morgan fingerprint density at radius 1 is 1.47 bits per heavy atom. The molecule has 3 heterocycles. The smallest absolute Gasteiger partial charge is 0.363 e. The van der Waals surface area contributed by atoms with Crippen LogP contribution in [0.1, 0.15) is 18.4 Å². The number of esters is 1. The third-order valence-corrected chi connectivity index (χ3v) is 5.24. The number of aliphatic hydroxyl groups is 3. The second kappa shape index (κ2) is 8.52. The van der Waals surface area contributed by atoms with Gasteiger partial charge >= 0.3 is 11.7 Å². The largest absolute Gasteiger partial charge is 0.460 e. The summed E-state index contributed by atoms with van der Waals surface area (Å²) in [5.41, 5.74) is 2.26. The normalized spacial score (nSPS) is 28.7. The minimum atomic E-state index is -2.52. The van der Waals surface area contributed by atoms with Crippen LogP contribution in [-0.4, -0.2) is 86.3 Å². The van der Waals surface area contributed by atoms with Gasteiger partial charge in [0.15, 0.2) is 0 Å². The summed E-state index contributed by atoms with van der Waals surface area (Å²) >= 11 is 0. The maximum atomic E-state index is 13.0. The van der Waals surface area contributed by atoms with Crippen LogP contribution in [0.3, 0.4) is 0 Å². The van der Waals surface area contributed by atoms with E-state index in [1.165, 1.54) is 11.0 Å². The molecule has 0 saturated carbocycles. The van der Waals surface area contributed by atoms with Crippen LogP contribution in [0.5, 0.6) is 0 Å². The molecule has 12 heteroatoms. The zero-order chi connectivity index (χ0) is 22.1. The molecule has 30 heavy (non-hydrogen) atoms. The lowest BCUT2D eigenvalue weighted by Crippen LogP contribution is -2.57. The lowest BCUT2D eigenvalue weighted by Gasteiger charge is -2.31. The molecule has 164 valence electrons. The fourth-order valence-corrected chi connectivity index (χ4v) is 3.59. The zero-order valence-corrected chi connectivity index (χ0v) is 16.1. The van der Waals surface area contributed by atoms with E-state index >= 15 is 0 Å². The fraction of sp³-hybridized carbons (Fsp3) is 0.556. The molecule has 2 aliphatic heterocycles. The first-order chi connectivity index (χ1) is 14.3. The van der Waals surface area contributed by atoms with E-state index in [2.05, 4.69) is 11.6 Å². The maximum absolute atomic E-state index is 13.0. The number of rotatable bonds is 7. The highest BCUT2D eigenvalue weighted by atomic mass is 16.6. The molecule has 2 saturated heterocycles. The summed E-state index contributed by atoms with van der Waals surface area (Å²) in [6.45, 7) is 3.24. The molecule has 12 nitrogen and oxygen atoms in total. The van der Waals surface area contributed by atoms with Gasteiger partial charge in [0, 0.05) is 24.7 Å². The Hall–Kier alpha value is -2.80. The van der Waals surface area contributed by atoms with Crippen molar-refractivity contribution in [2.45, 2.75) is 36.9 Å². The van der Waals surface area contributed by atoms with Crippen LogP contribution in [0.25, 0.3) is 6.08 Å². The second-order valence-corrected chi connectivity index (χ2v) is 7.03. The third kappa shape index (κ3) is 3.58. The van der Waals surface area contributed by atoms with Gasteiger partial charge in [0.1, 0.15) is 30.7 Å². The first-order valence-corrected chi connectivity index (χ1v) is 9.38. The number of hydrogen-bond acceptors (Lipinski definition) is 10. The second-order valence-electron chi connectivity index (χ2n) is 7.03. The minimum Gasteiger partial charge on any atom is -0.460 e. The van der Waals surface area contributed by atoms with Crippen molar-refractivity contribution in [2.75, 3.05) is 32.0 Å². The van der Waals surface area contributed by atoms with E-state index in [0.717, 1.165) is 6.20 Å². The first-order valence-electron chi connectivity index (χ1n) is 9.38. The molecule has 0 bridgehead atoms. The highest BCUT2D eigenvalue weighted by Crippen LogP contribution is 2.36. The quantitative estimate of drug-likeness (QED) is 0.339. The molecule has 5 N–H and O–H groups in total. The van der Waals surface area contributed by atoms with Crippen molar-refractivity contribution >= 4 is 23.8 Å². The number of amides is 1. The molecule has 2 fully saturated rings. The number of nitrogens with two attached hydrogens (primary N) is 1. The fourth-order valence-electron chi connectivity index (χ4n) is 3.59. The molecule has 0 radical (unpaired) electrons. The molecule has 1 aromatic heterocycles. The summed E-state index contributed by atoms with van der Waals surface area (Å²) in [5, 5.41) is 30.3. The van der Waals surface area contributed by atoms with Gasteiger partial charge in [-0.05, 0) is 6.42 Å². The van der Waals surface area contributed by atoms with Crippen molar-refractivity contribution in [2.24, 2.45) is 0 Å². The van der Waals surface area contributed by atoms with E-state index in [4.69, 9.17) is 15.2 Å². The van der Waals surface area contributed by atoms with Crippen molar-refractivity contribution < 1.29 is 34.4 Å². The van der Waals surface area contributed by atoms with E-state index in [0.29, 0.717) is 24.0 Å². The Morgan fingerprint density at radius 3 is 2.77 bits per heavy atom.